The van der Waals surface area contributed by atoms with E-state index in [1.54, 1.807) is 24.3 Å². The molecule has 0 bridgehead atoms. The molecule has 25 heavy (non-hydrogen) atoms. The van der Waals surface area contributed by atoms with Crippen LogP contribution < -0.4 is 0 Å². The Bertz CT molecular complexity index is 657. The Morgan fingerprint density at radius 3 is 1.84 bits per heavy atom. The lowest BCUT2D eigenvalue weighted by molar-refractivity contribution is -0.181. The molecule has 0 aliphatic carbocycles. The Balaban J connectivity index is 2.58. The summed E-state index contributed by atoms with van der Waals surface area (Å²) >= 11 is 0. The molecule has 1 aromatic rings. The van der Waals surface area contributed by atoms with Crippen LogP contribution in [0.3, 0.4) is 0 Å². The lowest BCUT2D eigenvalue weighted by Gasteiger charge is -2.24. The van der Waals surface area contributed by atoms with Gasteiger partial charge >= 0.3 is 17.9 Å². The Morgan fingerprint density at radius 2 is 1.36 bits per heavy atom. The minimum absolute atomic E-state index is 0.559. The molecule has 1 saturated heterocycles. The number of ether oxygens (including phenoxy) is 3. The van der Waals surface area contributed by atoms with Crippen molar-refractivity contribution in [2.75, 3.05) is 21.3 Å². The molecule has 1 aliphatic heterocycles. The van der Waals surface area contributed by atoms with E-state index in [4.69, 9.17) is 14.2 Å². The second-order valence-corrected chi connectivity index (χ2v) is 5.80. The van der Waals surface area contributed by atoms with Gasteiger partial charge in [-0.1, -0.05) is 29.8 Å². The fourth-order valence-corrected chi connectivity index (χ4v) is 3.22. The van der Waals surface area contributed by atoms with Gasteiger partial charge in [-0.05, 0) is 12.5 Å². The van der Waals surface area contributed by atoms with E-state index in [0.29, 0.717) is 10.6 Å². The monoisotopic (exact) mass is 351 g/mol. The zero-order valence-electron chi connectivity index (χ0n) is 14.5. The number of hydroxylamine groups is 2. The Labute approximate surface area is 145 Å². The second kappa shape index (κ2) is 7.62. The minimum Gasteiger partial charge on any atom is -0.469 e. The van der Waals surface area contributed by atoms with Crippen LogP contribution in [0, 0.1) is 18.8 Å². The molecule has 1 heterocycles. The van der Waals surface area contributed by atoms with Gasteiger partial charge in [0.2, 0.25) is 0 Å². The molecule has 2 rings (SSSR count). The van der Waals surface area contributed by atoms with E-state index in [-0.39, 0.29) is 0 Å². The molecule has 4 atom stereocenters. The summed E-state index contributed by atoms with van der Waals surface area (Å²) in [4.78, 5) is 36.8. The average molecular weight is 351 g/mol. The van der Waals surface area contributed by atoms with Crippen LogP contribution in [0.4, 0.5) is 0 Å². The molecule has 0 saturated carbocycles. The van der Waals surface area contributed by atoms with Crippen LogP contribution in [0.15, 0.2) is 24.3 Å². The largest absolute Gasteiger partial charge is 0.469 e. The molecule has 1 fully saturated rings. The molecule has 1 N–H and O–H groups in total. The van der Waals surface area contributed by atoms with Crippen molar-refractivity contribution < 1.29 is 33.8 Å². The fourth-order valence-electron chi connectivity index (χ4n) is 3.22. The van der Waals surface area contributed by atoms with E-state index in [2.05, 4.69) is 0 Å². The summed E-state index contributed by atoms with van der Waals surface area (Å²) in [5.41, 5.74) is 1.54. The van der Waals surface area contributed by atoms with Gasteiger partial charge < -0.3 is 19.4 Å². The molecule has 0 unspecified atom stereocenters. The Kier molecular flexibility index (Phi) is 5.76. The summed E-state index contributed by atoms with van der Waals surface area (Å²) in [5, 5.41) is 11.3. The first-order valence-electron chi connectivity index (χ1n) is 7.64. The van der Waals surface area contributed by atoms with Crippen molar-refractivity contribution in [3.8, 4) is 0 Å². The van der Waals surface area contributed by atoms with Crippen LogP contribution in [0.5, 0.6) is 0 Å². The SMILES string of the molecule is COC(=O)[C@@H]1[C@H](C(=O)OC)[C@H](C(=O)OC)N(O)[C@H]1c1ccc(C)cc1. The summed E-state index contributed by atoms with van der Waals surface area (Å²) in [7, 11) is 3.46. The van der Waals surface area contributed by atoms with Crippen molar-refractivity contribution in [1.82, 2.24) is 5.06 Å². The van der Waals surface area contributed by atoms with E-state index in [9.17, 15) is 19.6 Å². The number of carbonyl (C=O) groups is 3. The molecule has 8 heteroatoms. The van der Waals surface area contributed by atoms with Gasteiger partial charge in [-0.2, -0.15) is 5.06 Å². The molecule has 1 aliphatic rings. The summed E-state index contributed by atoms with van der Waals surface area (Å²) in [5.74, 6) is -4.78. The van der Waals surface area contributed by atoms with Gasteiger partial charge in [-0.25, -0.2) is 0 Å². The highest BCUT2D eigenvalue weighted by molar-refractivity contribution is 5.90. The number of rotatable bonds is 4. The lowest BCUT2D eigenvalue weighted by Crippen LogP contribution is -2.43. The van der Waals surface area contributed by atoms with Crippen molar-refractivity contribution in [2.24, 2.45) is 11.8 Å². The fraction of sp³-hybridized carbons (Fsp3) is 0.471. The van der Waals surface area contributed by atoms with Crippen LogP contribution >= 0.6 is 0 Å². The number of nitrogens with zero attached hydrogens (tertiary/aromatic N) is 1. The summed E-state index contributed by atoms with van der Waals surface area (Å²) in [6.45, 7) is 1.89. The van der Waals surface area contributed by atoms with Crippen LogP contribution in [0.2, 0.25) is 0 Å². The third-order valence-electron chi connectivity index (χ3n) is 4.45. The van der Waals surface area contributed by atoms with Crippen molar-refractivity contribution in [3.05, 3.63) is 35.4 Å². The quantitative estimate of drug-likeness (QED) is 0.629. The molecule has 0 spiro atoms. The maximum atomic E-state index is 12.4. The number of aryl methyl sites for hydroxylation is 1. The number of benzene rings is 1. The molecular weight excluding hydrogens is 330 g/mol. The molecular formula is C17H21NO7. The van der Waals surface area contributed by atoms with Crippen LogP contribution in [0.25, 0.3) is 0 Å². The molecule has 0 amide bonds. The average Bonchev–Trinajstić information content (AvgIpc) is 2.93. The number of carbonyl (C=O) groups excluding carboxylic acids is 3. The summed E-state index contributed by atoms with van der Waals surface area (Å²) in [6.07, 6.45) is 0. The van der Waals surface area contributed by atoms with Gasteiger partial charge in [0.25, 0.3) is 0 Å². The van der Waals surface area contributed by atoms with Gasteiger partial charge in [-0.3, -0.25) is 14.4 Å². The van der Waals surface area contributed by atoms with Crippen molar-refractivity contribution >= 4 is 17.9 Å². The Hall–Kier alpha value is -2.45. The minimum atomic E-state index is -1.38. The molecule has 8 nitrogen and oxygen atoms in total. The third kappa shape index (κ3) is 3.35. The van der Waals surface area contributed by atoms with Gasteiger partial charge in [0, 0.05) is 0 Å². The van der Waals surface area contributed by atoms with E-state index >= 15 is 0 Å². The highest BCUT2D eigenvalue weighted by Crippen LogP contribution is 2.45. The zero-order valence-corrected chi connectivity index (χ0v) is 14.5. The molecule has 136 valence electrons. The smallest absolute Gasteiger partial charge is 0.326 e. The summed E-state index contributed by atoms with van der Waals surface area (Å²) < 4.78 is 14.2. The first-order chi connectivity index (χ1) is 11.9. The molecule has 1 aromatic carbocycles. The molecule has 0 aromatic heterocycles. The van der Waals surface area contributed by atoms with Crippen LogP contribution in [-0.2, 0) is 28.6 Å². The van der Waals surface area contributed by atoms with Crippen molar-refractivity contribution in [1.29, 1.82) is 0 Å². The van der Waals surface area contributed by atoms with Gasteiger partial charge in [-0.15, -0.1) is 0 Å². The third-order valence-corrected chi connectivity index (χ3v) is 4.45. The maximum Gasteiger partial charge on any atom is 0.326 e. The molecule has 0 radical (unpaired) electrons. The topological polar surface area (TPSA) is 102 Å². The van der Waals surface area contributed by atoms with Gasteiger partial charge in [0.1, 0.15) is 12.0 Å². The highest BCUT2D eigenvalue weighted by atomic mass is 16.6. The number of methoxy groups -OCH3 is 3. The first-order valence-corrected chi connectivity index (χ1v) is 7.64. The predicted octanol–water partition coefficient (Wildman–Crippen LogP) is 0.861. The van der Waals surface area contributed by atoms with E-state index in [1.807, 2.05) is 6.92 Å². The van der Waals surface area contributed by atoms with Crippen molar-refractivity contribution in [2.45, 2.75) is 19.0 Å². The lowest BCUT2D eigenvalue weighted by atomic mass is 9.84. The summed E-state index contributed by atoms with van der Waals surface area (Å²) in [6, 6.07) is 4.70. The van der Waals surface area contributed by atoms with Gasteiger partial charge in [0.05, 0.1) is 33.3 Å². The van der Waals surface area contributed by atoms with Crippen LogP contribution in [0.1, 0.15) is 17.2 Å². The van der Waals surface area contributed by atoms with Crippen molar-refractivity contribution in [3.63, 3.8) is 0 Å². The predicted molar refractivity (Wildman–Crippen MR) is 84.4 cm³/mol. The van der Waals surface area contributed by atoms with E-state index in [0.717, 1.165) is 19.8 Å². The first kappa shape index (κ1) is 18.9. The Morgan fingerprint density at radius 1 is 0.880 bits per heavy atom. The number of hydrogen-bond acceptors (Lipinski definition) is 8. The second-order valence-electron chi connectivity index (χ2n) is 5.80. The van der Waals surface area contributed by atoms with Crippen LogP contribution in [-0.4, -0.2) is 55.5 Å². The standard InChI is InChI=1S/C17H21NO7/c1-9-5-7-10(8-6-9)13-11(15(19)23-2)12(16(20)24-3)14(18(13)22)17(21)25-4/h5-8,11-14,22H,1-4H3/t11-,12+,13+,14-/m1/s1. The van der Waals surface area contributed by atoms with E-state index in [1.165, 1.54) is 7.11 Å². The van der Waals surface area contributed by atoms with E-state index < -0.39 is 41.8 Å². The zero-order chi connectivity index (χ0) is 18.7. The maximum absolute atomic E-state index is 12.4. The number of esters is 3. The normalized spacial score (nSPS) is 26.1. The van der Waals surface area contributed by atoms with Gasteiger partial charge in [0.15, 0.2) is 0 Å². The highest BCUT2D eigenvalue weighted by Gasteiger charge is 2.60. The number of hydrogen-bond donors (Lipinski definition) is 1.